The Morgan fingerprint density at radius 2 is 0.738 bits per heavy atom. The Kier molecular flexibility index (Phi) is 9.21. The lowest BCUT2D eigenvalue weighted by atomic mass is 9.82. The molecule has 0 fully saturated rings. The van der Waals surface area contributed by atoms with E-state index in [2.05, 4.69) is 266 Å². The molecule has 1 aliphatic rings. The Morgan fingerprint density at radius 1 is 0.308 bits per heavy atom. The zero-order valence-corrected chi connectivity index (χ0v) is 36.5. The number of nitrogens with zero attached hydrogens (tertiary/aromatic N) is 2. The van der Waals surface area contributed by atoms with Crippen molar-refractivity contribution >= 4 is 38.9 Å². The molecular weight excluding hydrogens is 785 g/mol. The minimum absolute atomic E-state index is 0.247. The smallest absolute Gasteiger partial charge is 0.0541 e. The summed E-state index contributed by atoms with van der Waals surface area (Å²) in [5, 5.41) is 2.55. The van der Waals surface area contributed by atoms with Gasteiger partial charge in [0.1, 0.15) is 0 Å². The van der Waals surface area contributed by atoms with Crippen LogP contribution < -0.4 is 4.90 Å². The number of rotatable bonds is 8. The van der Waals surface area contributed by atoms with Crippen molar-refractivity contribution in [3.63, 3.8) is 0 Å². The van der Waals surface area contributed by atoms with Crippen LogP contribution in [0.5, 0.6) is 0 Å². The van der Waals surface area contributed by atoms with Gasteiger partial charge in [-0.3, -0.25) is 0 Å². The van der Waals surface area contributed by atoms with Crippen molar-refractivity contribution in [3.8, 4) is 61.3 Å². The van der Waals surface area contributed by atoms with Crippen molar-refractivity contribution in [1.82, 2.24) is 4.57 Å². The van der Waals surface area contributed by atoms with Gasteiger partial charge < -0.3 is 9.47 Å². The fourth-order valence-corrected chi connectivity index (χ4v) is 10.5. The van der Waals surface area contributed by atoms with Crippen LogP contribution in [0.3, 0.4) is 0 Å². The topological polar surface area (TPSA) is 8.17 Å². The molecule has 0 N–H and O–H groups in total. The van der Waals surface area contributed by atoms with Crippen LogP contribution in [-0.2, 0) is 5.41 Å². The molecule has 0 atom stereocenters. The lowest BCUT2D eigenvalue weighted by Crippen LogP contribution is -2.17. The molecule has 2 heteroatoms. The lowest BCUT2D eigenvalue weighted by molar-refractivity contribution is 0.660. The first kappa shape index (κ1) is 38.5. The normalized spacial score (nSPS) is 12.6. The van der Waals surface area contributed by atoms with E-state index in [1.165, 1.54) is 94.3 Å². The third kappa shape index (κ3) is 6.49. The van der Waals surface area contributed by atoms with E-state index >= 15 is 0 Å². The van der Waals surface area contributed by atoms with Crippen molar-refractivity contribution < 1.29 is 0 Å². The minimum atomic E-state index is -0.247. The van der Waals surface area contributed by atoms with Crippen LogP contribution in [0.1, 0.15) is 25.0 Å². The fourth-order valence-electron chi connectivity index (χ4n) is 10.5. The monoisotopic (exact) mass is 830 g/mol. The van der Waals surface area contributed by atoms with E-state index in [1.54, 1.807) is 0 Å². The molecule has 0 aliphatic heterocycles. The molecule has 0 unspecified atom stereocenters. The Balaban J connectivity index is 0.985. The van der Waals surface area contributed by atoms with E-state index < -0.39 is 0 Å². The summed E-state index contributed by atoms with van der Waals surface area (Å²) in [6, 6.07) is 88.8. The average molecular weight is 831 g/mol. The van der Waals surface area contributed by atoms with Gasteiger partial charge >= 0.3 is 0 Å². The number of anilines is 3. The van der Waals surface area contributed by atoms with Crippen molar-refractivity contribution in [2.75, 3.05) is 4.90 Å². The Morgan fingerprint density at radius 3 is 1.32 bits per heavy atom. The summed E-state index contributed by atoms with van der Waals surface area (Å²) in [5.41, 5.74) is 21.6. The SMILES string of the molecule is CC1(C)c2cc(N(c3ccc(-c4ccccc4-c4ccccc4)cc3)c3cccc(-c4ccccc4-c4ccccc4)c3)ccc2-c2ccc(-n3c4ccccc4c4ccccc43)cc21. The molecule has 2 nitrogen and oxygen atoms in total. The fraction of sp³-hybridized carbons (Fsp3) is 0.0476. The molecule has 1 aromatic heterocycles. The molecule has 0 amide bonds. The summed E-state index contributed by atoms with van der Waals surface area (Å²) in [4.78, 5) is 2.43. The van der Waals surface area contributed by atoms with E-state index in [4.69, 9.17) is 0 Å². The van der Waals surface area contributed by atoms with Gasteiger partial charge in [0.25, 0.3) is 0 Å². The van der Waals surface area contributed by atoms with Gasteiger partial charge in [0, 0.05) is 38.9 Å². The van der Waals surface area contributed by atoms with E-state index in [1.807, 2.05) is 0 Å². The lowest BCUT2D eigenvalue weighted by Gasteiger charge is -2.29. The summed E-state index contributed by atoms with van der Waals surface area (Å²) in [6.07, 6.45) is 0. The maximum absolute atomic E-state index is 2.44. The minimum Gasteiger partial charge on any atom is -0.310 e. The third-order valence-electron chi connectivity index (χ3n) is 13.6. The Hall–Kier alpha value is -8.20. The highest BCUT2D eigenvalue weighted by Gasteiger charge is 2.36. The molecule has 10 aromatic carbocycles. The number of fused-ring (bicyclic) bond motifs is 6. The maximum Gasteiger partial charge on any atom is 0.0541 e. The number of benzene rings is 10. The van der Waals surface area contributed by atoms with Crippen LogP contribution in [-0.4, -0.2) is 4.57 Å². The largest absolute Gasteiger partial charge is 0.310 e. The van der Waals surface area contributed by atoms with Gasteiger partial charge in [-0.15, -0.1) is 0 Å². The Labute approximate surface area is 381 Å². The molecule has 0 saturated carbocycles. The number of para-hydroxylation sites is 2. The molecule has 1 aliphatic carbocycles. The summed E-state index contributed by atoms with van der Waals surface area (Å²) < 4.78 is 2.43. The standard InChI is InChI=1S/C63H46N2/c1-63(2)59-41-49(36-38-55(59)56-39-37-50(42-60(56)63)65-61-30-15-13-28-57(61)58-29-14-16-31-62(58)65)64(47-34-32-45(33-35-47)53-26-10-9-24-51(53)43-18-5-3-6-19-43)48-23-17-22-46(40-48)54-27-12-11-25-52(54)44-20-7-4-8-21-44/h3-42H,1-2H3. The number of hydrogen-bond acceptors (Lipinski definition) is 1. The average Bonchev–Trinajstić information content (AvgIpc) is 3.82. The van der Waals surface area contributed by atoms with Gasteiger partial charge in [0.05, 0.1) is 11.0 Å². The van der Waals surface area contributed by atoms with Gasteiger partial charge in [-0.1, -0.05) is 196 Å². The second-order valence-corrected chi connectivity index (χ2v) is 17.7. The van der Waals surface area contributed by atoms with Crippen LogP contribution in [0.15, 0.2) is 243 Å². The van der Waals surface area contributed by atoms with E-state index in [9.17, 15) is 0 Å². The molecule has 0 bridgehead atoms. The maximum atomic E-state index is 2.44. The summed E-state index contributed by atoms with van der Waals surface area (Å²) in [6.45, 7) is 4.78. The van der Waals surface area contributed by atoms with Crippen molar-refractivity contribution in [1.29, 1.82) is 0 Å². The zero-order valence-electron chi connectivity index (χ0n) is 36.5. The third-order valence-corrected chi connectivity index (χ3v) is 13.6. The van der Waals surface area contributed by atoms with Gasteiger partial charge in [-0.2, -0.15) is 0 Å². The first-order chi connectivity index (χ1) is 32.0. The second kappa shape index (κ2) is 15.6. The van der Waals surface area contributed by atoms with E-state index in [0.29, 0.717) is 0 Å². The predicted octanol–water partition coefficient (Wildman–Crippen LogP) is 17.2. The first-order valence-corrected chi connectivity index (χ1v) is 22.6. The van der Waals surface area contributed by atoms with Crippen LogP contribution in [0.2, 0.25) is 0 Å². The molecule has 12 rings (SSSR count). The molecule has 0 radical (unpaired) electrons. The molecule has 0 saturated heterocycles. The quantitative estimate of drug-likeness (QED) is 0.148. The summed E-state index contributed by atoms with van der Waals surface area (Å²) in [5.74, 6) is 0. The summed E-state index contributed by atoms with van der Waals surface area (Å²) in [7, 11) is 0. The molecule has 11 aromatic rings. The van der Waals surface area contributed by atoms with Crippen LogP contribution >= 0.6 is 0 Å². The van der Waals surface area contributed by atoms with E-state index in [-0.39, 0.29) is 5.41 Å². The highest BCUT2D eigenvalue weighted by Crippen LogP contribution is 2.52. The van der Waals surface area contributed by atoms with Gasteiger partial charge in [0.15, 0.2) is 0 Å². The second-order valence-electron chi connectivity index (χ2n) is 17.7. The molecule has 65 heavy (non-hydrogen) atoms. The first-order valence-electron chi connectivity index (χ1n) is 22.6. The zero-order chi connectivity index (χ0) is 43.5. The predicted molar refractivity (Wildman–Crippen MR) is 275 cm³/mol. The number of aromatic nitrogens is 1. The van der Waals surface area contributed by atoms with Crippen LogP contribution in [0, 0.1) is 0 Å². The van der Waals surface area contributed by atoms with Crippen molar-refractivity contribution in [3.05, 3.63) is 254 Å². The van der Waals surface area contributed by atoms with Gasteiger partial charge in [-0.05, 0) is 127 Å². The summed E-state index contributed by atoms with van der Waals surface area (Å²) >= 11 is 0. The molecular formula is C63H46N2. The van der Waals surface area contributed by atoms with Crippen LogP contribution in [0.4, 0.5) is 17.1 Å². The van der Waals surface area contributed by atoms with E-state index in [0.717, 1.165) is 17.1 Å². The van der Waals surface area contributed by atoms with Crippen molar-refractivity contribution in [2.45, 2.75) is 19.3 Å². The van der Waals surface area contributed by atoms with Gasteiger partial charge in [-0.25, -0.2) is 0 Å². The Bertz CT molecular complexity index is 3510. The molecule has 0 spiro atoms. The van der Waals surface area contributed by atoms with Crippen LogP contribution in [0.25, 0.3) is 83.1 Å². The highest BCUT2D eigenvalue weighted by molar-refractivity contribution is 6.09. The van der Waals surface area contributed by atoms with Crippen molar-refractivity contribution in [2.24, 2.45) is 0 Å². The number of hydrogen-bond donors (Lipinski definition) is 0. The molecule has 1 heterocycles. The molecule has 308 valence electrons. The van der Waals surface area contributed by atoms with Gasteiger partial charge in [0.2, 0.25) is 0 Å². The highest BCUT2D eigenvalue weighted by atomic mass is 15.1.